The molecule has 0 atom stereocenters. The van der Waals surface area contributed by atoms with Crippen LogP contribution in [0.5, 0.6) is 0 Å². The Morgan fingerprint density at radius 2 is 2.15 bits per heavy atom. The van der Waals surface area contributed by atoms with Crippen LogP contribution in [0.1, 0.15) is 5.56 Å². The lowest BCUT2D eigenvalue weighted by molar-refractivity contribution is -0.387. The van der Waals surface area contributed by atoms with E-state index in [1.807, 2.05) is 0 Å². The van der Waals surface area contributed by atoms with Crippen molar-refractivity contribution in [3.8, 4) is 0 Å². The maximum Gasteiger partial charge on any atom is 0.350 e. The first kappa shape index (κ1) is 13.9. The van der Waals surface area contributed by atoms with Crippen LogP contribution in [0.3, 0.4) is 0 Å². The second-order valence-corrected chi connectivity index (χ2v) is 4.43. The molecule has 8 nitrogen and oxygen atoms in total. The van der Waals surface area contributed by atoms with Crippen LogP contribution in [0, 0.1) is 10.1 Å². The summed E-state index contributed by atoms with van der Waals surface area (Å²) in [5.41, 5.74) is -1.71. The molecule has 0 N–H and O–H groups in total. The molecule has 0 fully saturated rings. The van der Waals surface area contributed by atoms with Gasteiger partial charge in [-0.3, -0.25) is 19.5 Å². The summed E-state index contributed by atoms with van der Waals surface area (Å²) >= 11 is 5.71. The van der Waals surface area contributed by atoms with Crippen LogP contribution in [-0.4, -0.2) is 19.0 Å². The van der Waals surface area contributed by atoms with E-state index in [0.29, 0.717) is 5.56 Å². The fourth-order valence-corrected chi connectivity index (χ4v) is 1.89. The lowest BCUT2D eigenvalue weighted by atomic mass is 10.2. The summed E-state index contributed by atoms with van der Waals surface area (Å²) in [7, 11) is 1.34. The molecule has 0 spiro atoms. The van der Waals surface area contributed by atoms with E-state index < -0.39 is 21.9 Å². The Bertz CT molecular complexity index is 796. The Hall–Kier alpha value is -2.48. The normalized spacial score (nSPS) is 10.5. The van der Waals surface area contributed by atoms with Crippen LogP contribution in [0.15, 0.2) is 34.1 Å². The average molecular weight is 297 g/mol. The van der Waals surface area contributed by atoms with E-state index in [0.717, 1.165) is 15.3 Å². The largest absolute Gasteiger partial charge is 0.350 e. The van der Waals surface area contributed by atoms with E-state index in [9.17, 15) is 19.7 Å². The Morgan fingerprint density at radius 1 is 1.45 bits per heavy atom. The van der Waals surface area contributed by atoms with Crippen LogP contribution < -0.4 is 11.2 Å². The summed E-state index contributed by atoms with van der Waals surface area (Å²) in [5.74, 6) is 0. The van der Waals surface area contributed by atoms with Gasteiger partial charge in [0.25, 0.3) is 0 Å². The van der Waals surface area contributed by atoms with Crippen molar-refractivity contribution >= 4 is 17.3 Å². The van der Waals surface area contributed by atoms with Crippen LogP contribution in [-0.2, 0) is 13.6 Å². The second kappa shape index (κ2) is 5.25. The first-order valence-electron chi connectivity index (χ1n) is 5.45. The van der Waals surface area contributed by atoms with Crippen molar-refractivity contribution in [2.75, 3.05) is 0 Å². The molecule has 0 amide bonds. The number of hydrogen-bond acceptors (Lipinski definition) is 5. The van der Waals surface area contributed by atoms with Gasteiger partial charge in [-0.05, 0) is 17.7 Å². The minimum Gasteiger partial charge on any atom is -0.297 e. The van der Waals surface area contributed by atoms with Crippen molar-refractivity contribution in [3.63, 3.8) is 0 Å². The SMILES string of the molecule is Cn1cc([N+](=O)[O-])c(=O)n(Cc2ccnc(Cl)c2)c1=O. The lowest BCUT2D eigenvalue weighted by Gasteiger charge is -2.07. The van der Waals surface area contributed by atoms with E-state index in [1.165, 1.54) is 19.3 Å². The van der Waals surface area contributed by atoms with E-state index >= 15 is 0 Å². The van der Waals surface area contributed by atoms with Gasteiger partial charge in [0, 0.05) is 13.2 Å². The molecule has 0 aliphatic carbocycles. The highest BCUT2D eigenvalue weighted by Crippen LogP contribution is 2.08. The first-order chi connectivity index (χ1) is 9.40. The Balaban J connectivity index is 2.60. The predicted octanol–water partition coefficient (Wildman–Crippen LogP) is 0.552. The van der Waals surface area contributed by atoms with Gasteiger partial charge >= 0.3 is 16.9 Å². The maximum atomic E-state index is 11.9. The average Bonchev–Trinajstić information content (AvgIpc) is 2.38. The van der Waals surface area contributed by atoms with Gasteiger partial charge in [-0.2, -0.15) is 0 Å². The van der Waals surface area contributed by atoms with Gasteiger partial charge < -0.3 is 0 Å². The molecule has 2 rings (SSSR count). The van der Waals surface area contributed by atoms with Crippen molar-refractivity contribution in [2.24, 2.45) is 7.05 Å². The molecular weight excluding hydrogens is 288 g/mol. The number of halogens is 1. The van der Waals surface area contributed by atoms with Gasteiger partial charge in [0.15, 0.2) is 0 Å². The third-order valence-electron chi connectivity index (χ3n) is 2.64. The molecule has 0 unspecified atom stereocenters. The molecule has 0 aliphatic rings. The van der Waals surface area contributed by atoms with Crippen LogP contribution in [0.25, 0.3) is 0 Å². The summed E-state index contributed by atoms with van der Waals surface area (Å²) in [6.45, 7) is -0.116. The van der Waals surface area contributed by atoms with Gasteiger partial charge in [0.05, 0.1) is 17.7 Å². The van der Waals surface area contributed by atoms with Crippen molar-refractivity contribution in [1.82, 2.24) is 14.1 Å². The van der Waals surface area contributed by atoms with Crippen LogP contribution in [0.2, 0.25) is 5.15 Å². The smallest absolute Gasteiger partial charge is 0.297 e. The van der Waals surface area contributed by atoms with E-state index in [1.54, 1.807) is 6.07 Å². The summed E-state index contributed by atoms with van der Waals surface area (Å²) in [5, 5.41) is 11.0. The van der Waals surface area contributed by atoms with Crippen LogP contribution >= 0.6 is 11.6 Å². The number of hydrogen-bond donors (Lipinski definition) is 0. The van der Waals surface area contributed by atoms with Gasteiger partial charge in [0.2, 0.25) is 0 Å². The molecule has 2 aromatic heterocycles. The maximum absolute atomic E-state index is 11.9. The lowest BCUT2D eigenvalue weighted by Crippen LogP contribution is -2.39. The molecule has 20 heavy (non-hydrogen) atoms. The van der Waals surface area contributed by atoms with Gasteiger partial charge in [-0.25, -0.2) is 14.3 Å². The molecule has 0 aromatic carbocycles. The summed E-state index contributed by atoms with van der Waals surface area (Å²) in [6.07, 6.45) is 2.32. The molecular formula is C11H9ClN4O4. The zero-order valence-corrected chi connectivity index (χ0v) is 11.1. The number of aromatic nitrogens is 3. The van der Waals surface area contributed by atoms with Crippen molar-refractivity contribution in [2.45, 2.75) is 6.54 Å². The Kier molecular flexibility index (Phi) is 3.66. The molecule has 0 saturated carbocycles. The molecule has 2 aromatic rings. The van der Waals surface area contributed by atoms with E-state index in [2.05, 4.69) is 4.98 Å². The fraction of sp³-hybridized carbons (Fsp3) is 0.182. The zero-order valence-electron chi connectivity index (χ0n) is 10.3. The number of nitro groups is 1. The standard InChI is InChI=1S/C11H9ClN4O4/c1-14-6-8(16(19)20)10(17)15(11(14)18)5-7-2-3-13-9(12)4-7/h2-4,6H,5H2,1H3. The molecule has 0 radical (unpaired) electrons. The molecule has 9 heteroatoms. The topological polar surface area (TPSA) is 100 Å². The molecule has 0 saturated heterocycles. The number of aryl methyl sites for hydroxylation is 1. The molecule has 2 heterocycles. The quantitative estimate of drug-likeness (QED) is 0.468. The van der Waals surface area contributed by atoms with Gasteiger partial charge in [0.1, 0.15) is 5.15 Å². The number of nitrogens with zero attached hydrogens (tertiary/aromatic N) is 4. The third kappa shape index (κ3) is 2.59. The van der Waals surface area contributed by atoms with Gasteiger partial charge in [-0.1, -0.05) is 11.6 Å². The van der Waals surface area contributed by atoms with Crippen molar-refractivity contribution in [3.05, 3.63) is 66.2 Å². The summed E-state index contributed by atoms with van der Waals surface area (Å²) < 4.78 is 1.77. The van der Waals surface area contributed by atoms with Crippen molar-refractivity contribution < 1.29 is 4.92 Å². The van der Waals surface area contributed by atoms with E-state index in [-0.39, 0.29) is 11.7 Å². The predicted molar refractivity (Wildman–Crippen MR) is 70.9 cm³/mol. The summed E-state index contributed by atoms with van der Waals surface area (Å²) in [6, 6.07) is 3.04. The minimum atomic E-state index is -0.953. The fourth-order valence-electron chi connectivity index (χ4n) is 1.70. The highest BCUT2D eigenvalue weighted by Gasteiger charge is 2.18. The van der Waals surface area contributed by atoms with Crippen molar-refractivity contribution in [1.29, 1.82) is 0 Å². The highest BCUT2D eigenvalue weighted by atomic mass is 35.5. The number of rotatable bonds is 3. The van der Waals surface area contributed by atoms with Crippen LogP contribution in [0.4, 0.5) is 5.69 Å². The number of pyridine rings is 1. The third-order valence-corrected chi connectivity index (χ3v) is 2.85. The monoisotopic (exact) mass is 296 g/mol. The molecule has 0 bridgehead atoms. The molecule has 0 aliphatic heterocycles. The molecule has 104 valence electrons. The Morgan fingerprint density at radius 3 is 2.75 bits per heavy atom. The first-order valence-corrected chi connectivity index (χ1v) is 5.83. The minimum absolute atomic E-state index is 0.116. The highest BCUT2D eigenvalue weighted by molar-refractivity contribution is 6.29. The van der Waals surface area contributed by atoms with E-state index in [4.69, 9.17) is 11.6 Å². The Labute approximate surface area is 117 Å². The second-order valence-electron chi connectivity index (χ2n) is 4.04. The summed E-state index contributed by atoms with van der Waals surface area (Å²) in [4.78, 5) is 37.6. The zero-order chi connectivity index (χ0) is 14.9. The van der Waals surface area contributed by atoms with Gasteiger partial charge in [-0.15, -0.1) is 0 Å².